The fourth-order valence-electron chi connectivity index (χ4n) is 6.86. The number of Topliss-reactive ketones (excluding diaryl/α,β-unsaturated/α-hetero) is 1. The van der Waals surface area contributed by atoms with Crippen LogP contribution in [0.2, 0.25) is 0 Å². The lowest BCUT2D eigenvalue weighted by molar-refractivity contribution is -0.405. The number of aryl methyl sites for hydroxylation is 1. The Morgan fingerprint density at radius 1 is 0.536 bits per heavy atom. The maximum atomic E-state index is 14.5. The molecule has 6 rings (SSSR count). The van der Waals surface area contributed by atoms with Gasteiger partial charge in [-0.3, -0.25) is 9.59 Å². The van der Waals surface area contributed by atoms with Crippen LogP contribution in [0.5, 0.6) is 5.75 Å². The number of benzene rings is 6. The number of nitrogens with one attached hydrogen (secondary N) is 1. The molecule has 0 radical (unpaired) electrons. The van der Waals surface area contributed by atoms with Crippen LogP contribution in [0.1, 0.15) is 43.9 Å². The normalized spacial score (nSPS) is 14.0. The van der Waals surface area contributed by atoms with Crippen LogP contribution in [0.3, 0.4) is 0 Å². The minimum Gasteiger partial charge on any atom is -0.488 e. The molecule has 348 valence electrons. The first-order valence-electron chi connectivity index (χ1n) is 20.5. The largest absolute Gasteiger partial charge is 0.488 e. The molecule has 0 spiro atoms. The number of hydrogen-bond donors (Lipinski definition) is 2. The summed E-state index contributed by atoms with van der Waals surface area (Å²) in [5.41, 5.74) is 12.7. The Hall–Kier alpha value is -9.54. The van der Waals surface area contributed by atoms with Crippen LogP contribution in [-0.2, 0) is 28.9 Å². The molecule has 0 saturated heterocycles. The van der Waals surface area contributed by atoms with Gasteiger partial charge in [-0.15, -0.1) is 0 Å². The third-order valence-electron chi connectivity index (χ3n) is 9.51. The number of ether oxygens (including phenoxy) is 1. The van der Waals surface area contributed by atoms with Gasteiger partial charge in [0.15, 0.2) is 11.8 Å². The molecule has 0 saturated carbocycles. The molecular formula is C40H41N26O3+. The van der Waals surface area contributed by atoms with Crippen molar-refractivity contribution >= 4 is 44.0 Å². The maximum Gasteiger partial charge on any atom is 0.303 e. The van der Waals surface area contributed by atoms with Crippen molar-refractivity contribution in [3.05, 3.63) is 126 Å². The summed E-state index contributed by atoms with van der Waals surface area (Å²) in [6.07, 6.45) is 0.829. The summed E-state index contributed by atoms with van der Waals surface area (Å²) >= 11 is 0. The Bertz CT molecular complexity index is 2950. The van der Waals surface area contributed by atoms with Crippen LogP contribution >= 0.6 is 0 Å². The van der Waals surface area contributed by atoms with Crippen molar-refractivity contribution in [2.24, 2.45) is 120 Å². The first-order chi connectivity index (χ1) is 33.6. The van der Waals surface area contributed by atoms with Crippen molar-refractivity contribution < 1.29 is 20.1 Å². The summed E-state index contributed by atoms with van der Waals surface area (Å²) in [6, 6.07) is 33.6. The number of rotatable bonds is 23. The molecule has 0 aliphatic heterocycles. The first kappa shape index (κ1) is 48.9. The van der Waals surface area contributed by atoms with Crippen LogP contribution in [0.4, 0.5) is 0 Å². The number of hydrogen-bond acceptors (Lipinski definition) is 5. The number of carbonyl (C=O) groups excluding carboxylic acids is 2. The van der Waals surface area contributed by atoms with E-state index >= 15 is 0 Å². The van der Waals surface area contributed by atoms with E-state index < -0.39 is 23.6 Å². The molecular weight excluding hydrogens is 893 g/mol. The van der Waals surface area contributed by atoms with E-state index in [0.717, 1.165) is 43.2 Å². The molecule has 0 unspecified atom stereocenters. The quantitative estimate of drug-likeness (QED) is 0.0360. The van der Waals surface area contributed by atoms with Gasteiger partial charge in [-0.1, -0.05) is 97.1 Å². The van der Waals surface area contributed by atoms with Gasteiger partial charge >= 0.3 is 5.91 Å². The molecule has 29 nitrogen and oxygen atoms in total. The van der Waals surface area contributed by atoms with Gasteiger partial charge in [0.25, 0.3) is 0 Å². The number of amides is 1. The molecule has 1 amide bonds. The fourth-order valence-corrected chi connectivity index (χ4v) is 6.86. The zero-order valence-corrected chi connectivity index (χ0v) is 37.0. The van der Waals surface area contributed by atoms with Gasteiger partial charge in [-0.05, 0) is 172 Å². The highest BCUT2D eigenvalue weighted by Crippen LogP contribution is 2.35. The Morgan fingerprint density at radius 2 is 0.986 bits per heavy atom. The highest BCUT2D eigenvalue weighted by Gasteiger charge is 2.35. The van der Waals surface area contributed by atoms with Gasteiger partial charge in [-0.25, -0.2) is 0 Å². The van der Waals surface area contributed by atoms with Gasteiger partial charge in [0.2, 0.25) is 0 Å². The number of nitrogens with zero attached hydrogens (tertiary/aromatic N) is 24. The van der Waals surface area contributed by atoms with Crippen LogP contribution in [0.25, 0.3) is 32.3 Å². The average molecular weight is 934 g/mol. The zero-order valence-electron chi connectivity index (χ0n) is 37.0. The van der Waals surface area contributed by atoms with Crippen LogP contribution in [0.15, 0.2) is 229 Å². The number of carbonyl (C=O) groups is 2. The number of ketones is 1. The summed E-state index contributed by atoms with van der Waals surface area (Å²) in [4.78, 5) is 28.9. The Labute approximate surface area is 389 Å². The highest BCUT2D eigenvalue weighted by atomic mass is 16.5. The molecule has 0 fully saturated rings. The Kier molecular flexibility index (Phi) is 17.9. The molecule has 0 aliphatic carbocycles. The van der Waals surface area contributed by atoms with E-state index in [-0.39, 0.29) is 25.0 Å². The lowest BCUT2D eigenvalue weighted by atomic mass is 9.91. The molecule has 4 N–H and O–H groups in total. The second-order valence-corrected chi connectivity index (χ2v) is 15.3. The van der Waals surface area contributed by atoms with Gasteiger partial charge in [0, 0.05) is 55.8 Å². The molecule has 29 heteroatoms. The van der Waals surface area contributed by atoms with Gasteiger partial charge in [0.1, 0.15) is 17.4 Å². The van der Waals surface area contributed by atoms with Gasteiger partial charge in [0.05, 0.1) is 0 Å². The smallest absolute Gasteiger partial charge is 0.303 e. The number of quaternary nitrogens is 1. The molecule has 0 bridgehead atoms. The predicted molar refractivity (Wildman–Crippen MR) is 240 cm³/mol. The second-order valence-electron chi connectivity index (χ2n) is 15.3. The highest BCUT2D eigenvalue weighted by molar-refractivity contribution is 6.23. The van der Waals surface area contributed by atoms with Crippen molar-refractivity contribution in [1.29, 1.82) is 5.53 Å². The molecule has 2 atom stereocenters. The predicted octanol–water partition coefficient (Wildman–Crippen LogP) is 11.5. The SMILES string of the molecule is CC(C)(C)Oc1ccc(C[C@H]([NH3+])C(=O)N(/N=N/N=N/N=N/N=N/N=N/N=N/N=N/N=N/N=N/N=N/N=N/N=N)[C@@H](Cc2ccccc2)C(=O)CCc2cc3ccc4cccc5ccc(c2)c3c45)cc1. The fraction of sp³-hybridized carbons (Fsp3) is 0.250. The molecule has 6 aromatic rings. The summed E-state index contributed by atoms with van der Waals surface area (Å²) < 4.78 is 5.96. The topological polar surface area (TPSA) is 382 Å². The van der Waals surface area contributed by atoms with E-state index in [1.807, 2.05) is 75.4 Å². The third-order valence-corrected chi connectivity index (χ3v) is 9.51. The Balaban J connectivity index is 1.15. The van der Waals surface area contributed by atoms with Gasteiger partial charge < -0.3 is 10.5 Å². The van der Waals surface area contributed by atoms with E-state index in [1.165, 1.54) is 10.8 Å². The summed E-state index contributed by atoms with van der Waals surface area (Å²) in [5.74, 6) is -0.153. The van der Waals surface area contributed by atoms with Crippen molar-refractivity contribution in [2.45, 2.75) is 64.1 Å². The van der Waals surface area contributed by atoms with Crippen LogP contribution in [-0.4, -0.2) is 34.4 Å². The molecule has 6 aromatic carbocycles. The summed E-state index contributed by atoms with van der Waals surface area (Å²) in [6.45, 7) is 5.86. The monoisotopic (exact) mass is 933 g/mol. The zero-order chi connectivity index (χ0) is 48.7. The van der Waals surface area contributed by atoms with E-state index in [9.17, 15) is 9.59 Å². The Morgan fingerprint density at radius 3 is 1.48 bits per heavy atom. The lowest BCUT2D eigenvalue weighted by Crippen LogP contribution is -2.69. The standard InChI is InChI=1S/C40H40N26O3/c1-40(2,3)69-33-19-12-27(13-20-33)24-34(41)39(68)66(65-64-63-62-61-60-59-58-57-56-55-54-53-52-51-50-49-48-47-46-45-44-43-42)35(25-26-8-5-4-6-9-26)36(67)21-14-28-22-31-17-15-29-10-7-11-30-16-18-32(23-28)38(31)37(29)30/h4-13,15-20,22-23,34-35,42H,14,21,24-25,41H2,1-3H3/p+1/b43-42?,45-44+,47-46+,49-48+,51-50+,53-52+,55-54+,57-56+,59-58+,61-60+,63-62+,65-64+/t34-,35-/m0/s1. The van der Waals surface area contributed by atoms with Gasteiger partial charge in [-0.2, -0.15) is 10.5 Å². The summed E-state index contributed by atoms with van der Waals surface area (Å²) in [7, 11) is 0. The maximum absolute atomic E-state index is 14.5. The molecule has 0 heterocycles. The van der Waals surface area contributed by atoms with Crippen molar-refractivity contribution in [2.75, 3.05) is 0 Å². The van der Waals surface area contributed by atoms with Crippen molar-refractivity contribution in [1.82, 2.24) is 5.01 Å². The van der Waals surface area contributed by atoms with E-state index in [2.05, 4.69) is 180 Å². The van der Waals surface area contributed by atoms with E-state index in [0.29, 0.717) is 12.2 Å². The molecule has 0 aliphatic rings. The van der Waals surface area contributed by atoms with Crippen molar-refractivity contribution in [3.63, 3.8) is 0 Å². The lowest BCUT2D eigenvalue weighted by Gasteiger charge is -2.26. The molecule has 69 heavy (non-hydrogen) atoms. The first-order valence-corrected chi connectivity index (χ1v) is 20.5. The van der Waals surface area contributed by atoms with E-state index in [1.54, 1.807) is 0 Å². The van der Waals surface area contributed by atoms with Crippen molar-refractivity contribution in [3.8, 4) is 5.75 Å². The van der Waals surface area contributed by atoms with E-state index in [4.69, 9.17) is 10.3 Å². The van der Waals surface area contributed by atoms with Crippen LogP contribution < -0.4 is 10.5 Å². The minimum absolute atomic E-state index is 0.0850. The van der Waals surface area contributed by atoms with Crippen LogP contribution in [0, 0.1) is 5.53 Å². The summed E-state index contributed by atoms with van der Waals surface area (Å²) in [5, 5.41) is 80.7. The second kappa shape index (κ2) is 25.2. The minimum atomic E-state index is -1.10. The molecule has 0 aromatic heterocycles. The average Bonchev–Trinajstić information content (AvgIpc) is 3.35. The third kappa shape index (κ3) is 15.3.